The zero-order valence-electron chi connectivity index (χ0n) is 17.1. The summed E-state index contributed by atoms with van der Waals surface area (Å²) in [6.07, 6.45) is 0.616. The topological polar surface area (TPSA) is 114 Å². The molecule has 9 heteroatoms. The zero-order chi connectivity index (χ0) is 21.3. The smallest absolute Gasteiger partial charge is 0.271 e. The molecule has 1 aliphatic rings. The van der Waals surface area contributed by atoms with Gasteiger partial charge >= 0.3 is 0 Å². The van der Waals surface area contributed by atoms with E-state index in [1.54, 1.807) is 23.9 Å². The normalized spacial score (nSPS) is 15.1. The Morgan fingerprint density at radius 2 is 2.07 bits per heavy atom. The minimum atomic E-state index is -0.231. The minimum absolute atomic E-state index is 0.0531. The average Bonchev–Trinajstić information content (AvgIpc) is 3.42. The molecule has 30 heavy (non-hydrogen) atoms. The molecule has 0 fully saturated rings. The first-order valence-electron chi connectivity index (χ1n) is 9.81. The number of methoxy groups -OCH3 is 1. The number of hydrogen-bond donors (Lipinski definition) is 3. The highest BCUT2D eigenvalue weighted by atomic mass is 16.5. The number of aromatic amines is 1. The van der Waals surface area contributed by atoms with Crippen molar-refractivity contribution < 1.29 is 14.3 Å². The van der Waals surface area contributed by atoms with Crippen LogP contribution >= 0.6 is 0 Å². The first-order chi connectivity index (χ1) is 14.4. The Morgan fingerprint density at radius 3 is 2.80 bits per heavy atom. The van der Waals surface area contributed by atoms with E-state index in [4.69, 9.17) is 4.74 Å². The molecule has 3 N–H and O–H groups in total. The van der Waals surface area contributed by atoms with Gasteiger partial charge in [-0.1, -0.05) is 12.1 Å². The van der Waals surface area contributed by atoms with Crippen molar-refractivity contribution in [2.75, 3.05) is 7.11 Å². The van der Waals surface area contributed by atoms with E-state index in [-0.39, 0.29) is 23.9 Å². The van der Waals surface area contributed by atoms with E-state index in [0.29, 0.717) is 30.0 Å². The first kappa shape index (κ1) is 19.7. The van der Waals surface area contributed by atoms with Gasteiger partial charge in [-0.3, -0.25) is 19.4 Å². The Morgan fingerprint density at radius 1 is 1.23 bits per heavy atom. The lowest BCUT2D eigenvalue weighted by molar-refractivity contribution is 0.0921. The number of H-pyrrole nitrogens is 1. The molecule has 0 saturated heterocycles. The molecule has 9 nitrogen and oxygen atoms in total. The van der Waals surface area contributed by atoms with E-state index in [1.807, 2.05) is 38.1 Å². The van der Waals surface area contributed by atoms with Gasteiger partial charge in [-0.25, -0.2) is 0 Å². The van der Waals surface area contributed by atoms with Gasteiger partial charge in [-0.2, -0.15) is 10.2 Å². The summed E-state index contributed by atoms with van der Waals surface area (Å²) in [6.45, 7) is 4.33. The number of fused-ring (bicyclic) bond motifs is 1. The number of benzene rings is 1. The van der Waals surface area contributed by atoms with Crippen LogP contribution in [0.1, 0.15) is 40.5 Å². The maximum absolute atomic E-state index is 12.6. The summed E-state index contributed by atoms with van der Waals surface area (Å²) < 4.78 is 7.01. The van der Waals surface area contributed by atoms with Gasteiger partial charge in [-0.05, 0) is 38.1 Å². The molecule has 1 aliphatic heterocycles. The number of hydrogen-bond acceptors (Lipinski definition) is 5. The Kier molecular flexibility index (Phi) is 5.26. The van der Waals surface area contributed by atoms with Gasteiger partial charge in [0.25, 0.3) is 11.8 Å². The van der Waals surface area contributed by atoms with Crippen LogP contribution in [0.5, 0.6) is 5.75 Å². The maximum atomic E-state index is 12.6. The summed E-state index contributed by atoms with van der Waals surface area (Å²) in [4.78, 5) is 24.7. The number of rotatable bonds is 6. The Balaban J connectivity index is 1.38. The van der Waals surface area contributed by atoms with E-state index >= 15 is 0 Å². The van der Waals surface area contributed by atoms with E-state index in [2.05, 4.69) is 25.9 Å². The Hall–Kier alpha value is -3.62. The van der Waals surface area contributed by atoms with Crippen molar-refractivity contribution in [2.45, 2.75) is 38.9 Å². The molecule has 2 amide bonds. The molecule has 0 saturated carbocycles. The molecule has 0 bridgehead atoms. The lowest BCUT2D eigenvalue weighted by Gasteiger charge is -2.11. The van der Waals surface area contributed by atoms with Gasteiger partial charge in [0.15, 0.2) is 0 Å². The van der Waals surface area contributed by atoms with Crippen LogP contribution in [0.25, 0.3) is 11.3 Å². The second-order valence-corrected chi connectivity index (χ2v) is 7.60. The van der Waals surface area contributed by atoms with Crippen LogP contribution in [0, 0.1) is 0 Å². The van der Waals surface area contributed by atoms with Crippen molar-refractivity contribution in [1.82, 2.24) is 30.6 Å². The standard InChI is InChI=1S/C21H24N6O3/c1-12(2)22-21(29)19-9-15-8-14(11-27(15)26-19)23-20(28)18-10-17(24-25-18)13-5-4-6-16(7-13)30-3/h4-7,9-10,12,14H,8,11H2,1-3H3,(H,22,29)(H,23,28)(H,24,25). The summed E-state index contributed by atoms with van der Waals surface area (Å²) >= 11 is 0. The molecule has 2 aromatic heterocycles. The SMILES string of the molecule is COc1cccc(-c2cc(C(=O)NC3Cc4cc(C(=O)NC(C)C)nn4C3)[nH]n2)c1. The predicted molar refractivity (Wildman–Crippen MR) is 110 cm³/mol. The van der Waals surface area contributed by atoms with Gasteiger partial charge in [0, 0.05) is 23.7 Å². The molecule has 0 radical (unpaired) electrons. The quantitative estimate of drug-likeness (QED) is 0.575. The third-order valence-electron chi connectivity index (χ3n) is 4.89. The molecule has 1 unspecified atom stereocenters. The highest BCUT2D eigenvalue weighted by Crippen LogP contribution is 2.23. The summed E-state index contributed by atoms with van der Waals surface area (Å²) in [5, 5.41) is 17.2. The lowest BCUT2D eigenvalue weighted by atomic mass is 10.1. The number of nitrogens with zero attached hydrogens (tertiary/aromatic N) is 3. The third-order valence-corrected chi connectivity index (χ3v) is 4.89. The molecule has 1 atom stereocenters. The third kappa shape index (κ3) is 4.05. The van der Waals surface area contributed by atoms with Gasteiger partial charge in [0.2, 0.25) is 0 Å². The van der Waals surface area contributed by atoms with E-state index in [9.17, 15) is 9.59 Å². The van der Waals surface area contributed by atoms with Gasteiger partial charge < -0.3 is 15.4 Å². The molecule has 3 heterocycles. The lowest BCUT2D eigenvalue weighted by Crippen LogP contribution is -2.36. The molecule has 3 aromatic rings. The fourth-order valence-corrected chi connectivity index (χ4v) is 3.48. The first-order valence-corrected chi connectivity index (χ1v) is 9.81. The largest absolute Gasteiger partial charge is 0.497 e. The predicted octanol–water partition coefficient (Wildman–Crippen LogP) is 1.77. The number of carbonyl (C=O) groups excluding carboxylic acids is 2. The van der Waals surface area contributed by atoms with Crippen molar-refractivity contribution >= 4 is 11.8 Å². The van der Waals surface area contributed by atoms with Crippen LogP contribution < -0.4 is 15.4 Å². The molecule has 4 rings (SSSR count). The summed E-state index contributed by atoms with van der Waals surface area (Å²) in [5.41, 5.74) is 3.24. The second-order valence-electron chi connectivity index (χ2n) is 7.60. The van der Waals surface area contributed by atoms with Crippen LogP contribution in [0.4, 0.5) is 0 Å². The summed E-state index contributed by atoms with van der Waals surface area (Å²) in [6, 6.07) is 10.9. The highest BCUT2D eigenvalue weighted by Gasteiger charge is 2.27. The van der Waals surface area contributed by atoms with Crippen LogP contribution in [0.2, 0.25) is 0 Å². The van der Waals surface area contributed by atoms with Crippen molar-refractivity contribution in [2.24, 2.45) is 0 Å². The van der Waals surface area contributed by atoms with Gasteiger partial charge in [0.1, 0.15) is 17.1 Å². The van der Waals surface area contributed by atoms with E-state index in [1.165, 1.54) is 0 Å². The monoisotopic (exact) mass is 408 g/mol. The van der Waals surface area contributed by atoms with Gasteiger partial charge in [0.05, 0.1) is 25.4 Å². The van der Waals surface area contributed by atoms with Crippen molar-refractivity contribution in [1.29, 1.82) is 0 Å². The number of ether oxygens (including phenoxy) is 1. The van der Waals surface area contributed by atoms with Crippen molar-refractivity contribution in [3.8, 4) is 17.0 Å². The second kappa shape index (κ2) is 8.02. The highest BCUT2D eigenvalue weighted by molar-refractivity contribution is 5.94. The number of nitrogens with one attached hydrogen (secondary N) is 3. The zero-order valence-corrected chi connectivity index (χ0v) is 17.1. The average molecular weight is 408 g/mol. The molecule has 1 aromatic carbocycles. The van der Waals surface area contributed by atoms with Crippen LogP contribution in [-0.4, -0.2) is 51.0 Å². The van der Waals surface area contributed by atoms with Crippen LogP contribution in [0.3, 0.4) is 0 Å². The molecule has 0 aliphatic carbocycles. The molecule has 156 valence electrons. The molecular weight excluding hydrogens is 384 g/mol. The molecular formula is C21H24N6O3. The number of amides is 2. The van der Waals surface area contributed by atoms with E-state index < -0.39 is 0 Å². The van der Waals surface area contributed by atoms with Crippen LogP contribution in [-0.2, 0) is 13.0 Å². The number of carbonyl (C=O) groups is 2. The fraction of sp³-hybridized carbons (Fsp3) is 0.333. The number of aromatic nitrogens is 4. The van der Waals surface area contributed by atoms with Crippen LogP contribution in [0.15, 0.2) is 36.4 Å². The van der Waals surface area contributed by atoms with E-state index in [0.717, 1.165) is 17.0 Å². The fourth-order valence-electron chi connectivity index (χ4n) is 3.48. The van der Waals surface area contributed by atoms with Gasteiger partial charge in [-0.15, -0.1) is 0 Å². The van der Waals surface area contributed by atoms with Crippen molar-refractivity contribution in [3.63, 3.8) is 0 Å². The Labute approximate surface area is 173 Å². The maximum Gasteiger partial charge on any atom is 0.271 e. The minimum Gasteiger partial charge on any atom is -0.497 e. The molecule has 0 spiro atoms. The van der Waals surface area contributed by atoms with Crippen molar-refractivity contribution in [3.05, 3.63) is 53.5 Å². The summed E-state index contributed by atoms with van der Waals surface area (Å²) in [7, 11) is 1.61. The Bertz CT molecular complexity index is 1060. The summed E-state index contributed by atoms with van der Waals surface area (Å²) in [5.74, 6) is 0.309.